The van der Waals surface area contributed by atoms with Crippen molar-refractivity contribution in [3.8, 4) is 28.7 Å². The Hall–Kier alpha value is -4.55. The summed E-state index contributed by atoms with van der Waals surface area (Å²) in [5.74, 6) is -6.87. The molecule has 1 aliphatic carbocycles. The molecule has 12 nitrogen and oxygen atoms in total. The van der Waals surface area contributed by atoms with Crippen molar-refractivity contribution in [2.45, 2.75) is 31.0 Å². The second kappa shape index (κ2) is 6.60. The number of allylic oxidation sites excluding steroid dienone is 1. The molecule has 2 aromatic carbocycles. The Morgan fingerprint density at radius 3 is 2.46 bits per heavy atom. The number of hydrogen-bond donors (Lipinski definition) is 4. The van der Waals surface area contributed by atoms with Gasteiger partial charge in [0.1, 0.15) is 23.0 Å². The van der Waals surface area contributed by atoms with Gasteiger partial charge < -0.3 is 43.8 Å². The van der Waals surface area contributed by atoms with Crippen LogP contribution >= 0.6 is 0 Å². The predicted octanol–water partition coefficient (Wildman–Crippen LogP) is 1.48. The number of phenolic OH excluding ortho intramolecular Hbond substituents is 3. The summed E-state index contributed by atoms with van der Waals surface area (Å²) >= 11 is 0. The molecular formula is C25H16O12. The Morgan fingerprint density at radius 2 is 1.73 bits per heavy atom. The van der Waals surface area contributed by atoms with Crippen LogP contribution in [0.1, 0.15) is 38.1 Å². The molecule has 0 saturated carbocycles. The van der Waals surface area contributed by atoms with E-state index in [1.54, 1.807) is 19.1 Å². The van der Waals surface area contributed by atoms with Gasteiger partial charge in [-0.3, -0.25) is 9.59 Å². The highest BCUT2D eigenvalue weighted by molar-refractivity contribution is 6.29. The van der Waals surface area contributed by atoms with Crippen molar-refractivity contribution in [1.29, 1.82) is 0 Å². The third-order valence-electron chi connectivity index (χ3n) is 7.12. The normalized spacial score (nSPS) is 26.8. The molecule has 1 aromatic heterocycles. The van der Waals surface area contributed by atoms with E-state index in [-0.39, 0.29) is 16.9 Å². The van der Waals surface area contributed by atoms with E-state index < -0.39 is 81.0 Å². The van der Waals surface area contributed by atoms with Crippen molar-refractivity contribution in [2.75, 3.05) is 7.11 Å². The maximum atomic E-state index is 13.4. The van der Waals surface area contributed by atoms with Gasteiger partial charge in [0.05, 0.1) is 23.8 Å². The van der Waals surface area contributed by atoms with E-state index in [1.165, 1.54) is 7.11 Å². The molecule has 12 heteroatoms. The molecule has 188 valence electrons. The average Bonchev–Trinajstić information content (AvgIpc) is 3.60. The number of methoxy groups -OCH3 is 1. The zero-order chi connectivity index (χ0) is 26.1. The molecule has 3 aromatic rings. The summed E-state index contributed by atoms with van der Waals surface area (Å²) < 4.78 is 27.5. The summed E-state index contributed by atoms with van der Waals surface area (Å²) in [5, 5.41) is 43.4. The number of rotatable bonds is 1. The van der Waals surface area contributed by atoms with Gasteiger partial charge >= 0.3 is 11.4 Å². The lowest BCUT2D eigenvalue weighted by atomic mass is 9.83. The smallest absolute Gasteiger partial charge is 0.347 e. The van der Waals surface area contributed by atoms with Crippen LogP contribution in [0.3, 0.4) is 0 Å². The number of fused-ring (bicyclic) bond motifs is 6. The number of carbonyl (C=O) groups excluding carboxylic acids is 2. The maximum absolute atomic E-state index is 13.4. The van der Waals surface area contributed by atoms with Crippen LogP contribution in [-0.2, 0) is 9.47 Å². The summed E-state index contributed by atoms with van der Waals surface area (Å²) in [6, 6.07) is 4.10. The Bertz CT molecular complexity index is 1730. The lowest BCUT2D eigenvalue weighted by Gasteiger charge is -2.35. The van der Waals surface area contributed by atoms with Crippen LogP contribution in [0, 0.1) is 6.92 Å². The van der Waals surface area contributed by atoms with E-state index in [0.29, 0.717) is 16.7 Å². The second-order valence-corrected chi connectivity index (χ2v) is 9.16. The summed E-state index contributed by atoms with van der Waals surface area (Å²) in [6.45, 7) is 1.58. The van der Waals surface area contributed by atoms with Crippen LogP contribution in [0.15, 0.2) is 38.7 Å². The van der Waals surface area contributed by atoms with Gasteiger partial charge in [-0.2, -0.15) is 0 Å². The number of phenols is 3. The van der Waals surface area contributed by atoms with E-state index in [2.05, 4.69) is 0 Å². The molecule has 1 spiro atoms. The van der Waals surface area contributed by atoms with Gasteiger partial charge in [0.2, 0.25) is 5.78 Å². The van der Waals surface area contributed by atoms with Crippen LogP contribution in [0.5, 0.6) is 28.7 Å². The maximum Gasteiger partial charge on any atom is 0.347 e. The third-order valence-corrected chi connectivity index (χ3v) is 7.12. The van der Waals surface area contributed by atoms with Crippen LogP contribution in [0.4, 0.5) is 0 Å². The lowest BCUT2D eigenvalue weighted by Crippen LogP contribution is -2.53. The average molecular weight is 508 g/mol. The van der Waals surface area contributed by atoms with Gasteiger partial charge in [-0.05, 0) is 24.4 Å². The quantitative estimate of drug-likeness (QED) is 0.274. The number of aliphatic hydroxyl groups is 1. The fourth-order valence-corrected chi connectivity index (χ4v) is 5.43. The van der Waals surface area contributed by atoms with Gasteiger partial charge in [-0.15, -0.1) is 0 Å². The van der Waals surface area contributed by atoms with Gasteiger partial charge in [0, 0.05) is 11.6 Å². The molecule has 0 radical (unpaired) electrons. The van der Waals surface area contributed by atoms with Crippen molar-refractivity contribution < 1.29 is 53.4 Å². The van der Waals surface area contributed by atoms with Crippen molar-refractivity contribution >= 4 is 22.3 Å². The monoisotopic (exact) mass is 508 g/mol. The summed E-state index contributed by atoms with van der Waals surface area (Å²) in [5.41, 5.74) is -2.06. The summed E-state index contributed by atoms with van der Waals surface area (Å²) in [4.78, 5) is 39.2. The highest BCUT2D eigenvalue weighted by Gasteiger charge is 2.72. The molecular weight excluding hydrogens is 492 g/mol. The SMILES string of the molecule is COc1cc(O)c2c(c1O)C(=O)C1=C(C2=O)C(O)C2(O1)Oc1c(cc3cc(C)oc(=O)c3c1O)C1OC12. The highest BCUT2D eigenvalue weighted by Crippen LogP contribution is 2.62. The van der Waals surface area contributed by atoms with E-state index in [4.69, 9.17) is 23.4 Å². The highest BCUT2D eigenvalue weighted by atomic mass is 16.8. The topological polar surface area (TPSA) is 185 Å². The number of ketones is 2. The lowest BCUT2D eigenvalue weighted by molar-refractivity contribution is -0.200. The molecule has 4 unspecified atom stereocenters. The fraction of sp³-hybridized carbons (Fsp3) is 0.240. The van der Waals surface area contributed by atoms with Crippen LogP contribution in [0.2, 0.25) is 0 Å². The standard InChI is InChI=1S/C25H16O12/c1-6-3-7-4-8-19(17(29)11(7)24(32)34-6)36-25(23-20(8)35-23)22(31)14-16(28)12-9(26)5-10(33-2)15(27)13(12)18(30)21(14)37-25/h3-5,20,22-23,26-27,29,31H,1-2H3. The van der Waals surface area contributed by atoms with Gasteiger partial charge in [-0.1, -0.05) is 0 Å². The van der Waals surface area contributed by atoms with Crippen molar-refractivity contribution in [3.05, 3.63) is 62.4 Å². The van der Waals surface area contributed by atoms with Crippen molar-refractivity contribution in [3.63, 3.8) is 0 Å². The minimum Gasteiger partial charge on any atom is -0.507 e. The first-order valence-corrected chi connectivity index (χ1v) is 11.1. The van der Waals surface area contributed by atoms with Crippen LogP contribution < -0.4 is 15.1 Å². The molecule has 4 aliphatic rings. The third kappa shape index (κ3) is 2.45. The molecule has 0 bridgehead atoms. The number of hydrogen-bond acceptors (Lipinski definition) is 12. The summed E-state index contributed by atoms with van der Waals surface area (Å²) in [7, 11) is 1.20. The van der Waals surface area contributed by atoms with Gasteiger partial charge in [-0.25, -0.2) is 4.79 Å². The molecule has 3 aliphatic heterocycles. The van der Waals surface area contributed by atoms with Crippen molar-refractivity contribution in [2.24, 2.45) is 0 Å². The molecule has 4 atom stereocenters. The fourth-order valence-electron chi connectivity index (χ4n) is 5.43. The van der Waals surface area contributed by atoms with Gasteiger partial charge in [0.25, 0.3) is 0 Å². The number of Topliss-reactive ketones (excluding diaryl/α,β-unsaturated/α-hetero) is 2. The Kier molecular flexibility index (Phi) is 3.87. The van der Waals surface area contributed by atoms with E-state index in [9.17, 15) is 34.8 Å². The number of benzene rings is 2. The number of epoxide rings is 1. The molecule has 1 fully saturated rings. The molecule has 0 amide bonds. The number of carbonyl (C=O) groups is 2. The first-order valence-electron chi connectivity index (χ1n) is 11.1. The largest absolute Gasteiger partial charge is 0.507 e. The molecule has 4 heterocycles. The molecule has 1 saturated heterocycles. The zero-order valence-corrected chi connectivity index (χ0v) is 19.0. The van der Waals surface area contributed by atoms with Gasteiger partial charge in [0.15, 0.2) is 46.7 Å². The Balaban J connectivity index is 1.38. The first-order chi connectivity index (χ1) is 17.6. The number of aromatic hydroxyl groups is 3. The summed E-state index contributed by atoms with van der Waals surface area (Å²) in [6.07, 6.45) is -3.67. The van der Waals surface area contributed by atoms with E-state index >= 15 is 0 Å². The van der Waals surface area contributed by atoms with E-state index in [1.807, 2.05) is 0 Å². The predicted molar refractivity (Wildman–Crippen MR) is 119 cm³/mol. The second-order valence-electron chi connectivity index (χ2n) is 9.16. The first kappa shape index (κ1) is 21.7. The Morgan fingerprint density at radius 1 is 0.973 bits per heavy atom. The van der Waals surface area contributed by atoms with Crippen LogP contribution in [-0.4, -0.2) is 57.1 Å². The van der Waals surface area contributed by atoms with Crippen molar-refractivity contribution in [1.82, 2.24) is 0 Å². The van der Waals surface area contributed by atoms with Crippen LogP contribution in [0.25, 0.3) is 10.8 Å². The zero-order valence-electron chi connectivity index (χ0n) is 19.0. The minimum atomic E-state index is -2.18. The van der Waals surface area contributed by atoms with E-state index in [0.717, 1.165) is 6.07 Å². The molecule has 37 heavy (non-hydrogen) atoms. The minimum absolute atomic E-state index is 0.176. The number of aryl methyl sites for hydroxylation is 1. The molecule has 7 rings (SSSR count). The molecule has 4 N–H and O–H groups in total. The Labute approximate surface area is 205 Å². The number of aliphatic hydroxyl groups excluding tert-OH is 1. The number of ether oxygens (including phenoxy) is 4.